The smallest absolute Gasteiger partial charge is 0.274 e. The summed E-state index contributed by atoms with van der Waals surface area (Å²) in [5.41, 5.74) is 3.29. The number of carbonyl (C=O) groups excluding carboxylic acids is 1. The molecule has 162 valence electrons. The molecule has 0 aliphatic heterocycles. The molecule has 0 atom stereocenters. The number of fused-ring (bicyclic) bond motifs is 1. The van der Waals surface area contributed by atoms with Crippen LogP contribution in [0.3, 0.4) is 0 Å². The van der Waals surface area contributed by atoms with Crippen LogP contribution in [0.25, 0.3) is 5.69 Å². The Kier molecular flexibility index (Phi) is 6.21. The Labute approximate surface area is 181 Å². The molecule has 0 spiro atoms. The van der Waals surface area contributed by atoms with Crippen LogP contribution in [-0.2, 0) is 12.8 Å². The molecule has 0 unspecified atom stereocenters. The van der Waals surface area contributed by atoms with E-state index in [1.54, 1.807) is 35.9 Å². The first kappa shape index (κ1) is 20.9. The van der Waals surface area contributed by atoms with Gasteiger partial charge in [-0.2, -0.15) is 5.10 Å². The summed E-state index contributed by atoms with van der Waals surface area (Å²) in [5, 5.41) is 4.65. The highest BCUT2D eigenvalue weighted by molar-refractivity contribution is 5.94. The molecular formula is C24H26FN3O3. The Balaban J connectivity index is 1.47. The van der Waals surface area contributed by atoms with E-state index >= 15 is 0 Å². The zero-order valence-corrected chi connectivity index (χ0v) is 17.8. The molecule has 0 radical (unpaired) electrons. The minimum Gasteiger partial charge on any atom is -0.497 e. The van der Waals surface area contributed by atoms with E-state index in [1.165, 1.54) is 12.1 Å². The quantitative estimate of drug-likeness (QED) is 0.575. The highest BCUT2D eigenvalue weighted by Gasteiger charge is 2.27. The standard InChI is InChI=1S/C24H26FN3O3/c1-27(15-16-31-20-13-11-19(30-2)12-14-20)24(29)23-21-5-3-4-6-22(21)28(26-23)18-9-7-17(25)8-10-18/h7-14H,3-6,15-16H2,1-2H3. The van der Waals surface area contributed by atoms with E-state index in [0.717, 1.165) is 54.1 Å². The first-order valence-corrected chi connectivity index (χ1v) is 10.5. The lowest BCUT2D eigenvalue weighted by Gasteiger charge is -2.18. The highest BCUT2D eigenvalue weighted by Crippen LogP contribution is 2.28. The second-order valence-corrected chi connectivity index (χ2v) is 7.62. The van der Waals surface area contributed by atoms with E-state index in [0.29, 0.717) is 18.8 Å². The van der Waals surface area contributed by atoms with Gasteiger partial charge in [-0.15, -0.1) is 0 Å². The number of benzene rings is 2. The molecule has 4 rings (SSSR count). The molecule has 0 bridgehead atoms. The summed E-state index contributed by atoms with van der Waals surface area (Å²) in [6, 6.07) is 13.5. The summed E-state index contributed by atoms with van der Waals surface area (Å²) in [7, 11) is 3.37. The number of rotatable bonds is 7. The lowest BCUT2D eigenvalue weighted by atomic mass is 9.95. The van der Waals surface area contributed by atoms with Crippen LogP contribution in [0.2, 0.25) is 0 Å². The molecule has 1 heterocycles. The molecule has 2 aromatic carbocycles. The van der Waals surface area contributed by atoms with Crippen molar-refractivity contribution in [2.45, 2.75) is 25.7 Å². The Morgan fingerprint density at radius 1 is 1.06 bits per heavy atom. The van der Waals surface area contributed by atoms with Crippen LogP contribution >= 0.6 is 0 Å². The molecule has 0 saturated heterocycles. The molecule has 1 amide bonds. The summed E-state index contributed by atoms with van der Waals surface area (Å²) in [6.07, 6.45) is 3.77. The van der Waals surface area contributed by atoms with Crippen LogP contribution in [-0.4, -0.2) is 47.9 Å². The summed E-state index contributed by atoms with van der Waals surface area (Å²) in [6.45, 7) is 0.804. The van der Waals surface area contributed by atoms with Crippen molar-refractivity contribution in [2.75, 3.05) is 27.3 Å². The van der Waals surface area contributed by atoms with E-state index in [-0.39, 0.29) is 11.7 Å². The van der Waals surface area contributed by atoms with E-state index in [1.807, 2.05) is 24.3 Å². The lowest BCUT2D eigenvalue weighted by Crippen LogP contribution is -2.32. The molecule has 3 aromatic rings. The van der Waals surface area contributed by atoms with Crippen molar-refractivity contribution in [3.05, 3.63) is 71.3 Å². The van der Waals surface area contributed by atoms with Gasteiger partial charge in [-0.25, -0.2) is 9.07 Å². The van der Waals surface area contributed by atoms with Gasteiger partial charge in [0.05, 0.1) is 19.3 Å². The minimum atomic E-state index is -0.294. The maximum Gasteiger partial charge on any atom is 0.274 e. The van der Waals surface area contributed by atoms with Gasteiger partial charge in [0, 0.05) is 18.3 Å². The SMILES string of the molecule is COc1ccc(OCCN(C)C(=O)c2nn(-c3ccc(F)cc3)c3c2CCCC3)cc1. The summed E-state index contributed by atoms with van der Waals surface area (Å²) in [4.78, 5) is 14.8. The van der Waals surface area contributed by atoms with Gasteiger partial charge in [-0.1, -0.05) is 0 Å². The number of nitrogens with zero attached hydrogens (tertiary/aromatic N) is 3. The van der Waals surface area contributed by atoms with Crippen molar-refractivity contribution >= 4 is 5.91 Å². The van der Waals surface area contributed by atoms with Crippen molar-refractivity contribution in [1.82, 2.24) is 14.7 Å². The van der Waals surface area contributed by atoms with Crippen molar-refractivity contribution < 1.29 is 18.7 Å². The zero-order valence-electron chi connectivity index (χ0n) is 17.8. The monoisotopic (exact) mass is 423 g/mol. The van der Waals surface area contributed by atoms with Crippen LogP contribution in [0.15, 0.2) is 48.5 Å². The molecule has 0 fully saturated rings. The number of halogens is 1. The maximum absolute atomic E-state index is 13.4. The van der Waals surface area contributed by atoms with Crippen LogP contribution in [0.1, 0.15) is 34.6 Å². The highest BCUT2D eigenvalue weighted by atomic mass is 19.1. The number of likely N-dealkylation sites (N-methyl/N-ethyl adjacent to an activating group) is 1. The first-order valence-electron chi connectivity index (χ1n) is 10.5. The predicted octanol–water partition coefficient (Wildman–Crippen LogP) is 4.05. The Morgan fingerprint density at radius 2 is 1.74 bits per heavy atom. The number of ether oxygens (including phenoxy) is 2. The fraction of sp³-hybridized carbons (Fsp3) is 0.333. The number of aromatic nitrogens is 2. The fourth-order valence-electron chi connectivity index (χ4n) is 3.82. The van der Waals surface area contributed by atoms with Gasteiger partial charge in [0.25, 0.3) is 5.91 Å². The van der Waals surface area contributed by atoms with E-state index < -0.39 is 0 Å². The van der Waals surface area contributed by atoms with Gasteiger partial charge < -0.3 is 14.4 Å². The van der Waals surface area contributed by atoms with Crippen molar-refractivity contribution in [3.63, 3.8) is 0 Å². The van der Waals surface area contributed by atoms with Crippen LogP contribution in [0.5, 0.6) is 11.5 Å². The van der Waals surface area contributed by atoms with Gasteiger partial charge >= 0.3 is 0 Å². The predicted molar refractivity (Wildman–Crippen MR) is 116 cm³/mol. The van der Waals surface area contributed by atoms with Crippen LogP contribution < -0.4 is 9.47 Å². The molecule has 1 aliphatic rings. The Morgan fingerprint density at radius 3 is 2.45 bits per heavy atom. The van der Waals surface area contributed by atoms with Gasteiger partial charge in [-0.05, 0) is 74.2 Å². The second-order valence-electron chi connectivity index (χ2n) is 7.62. The summed E-state index contributed by atoms with van der Waals surface area (Å²) >= 11 is 0. The molecule has 1 aromatic heterocycles. The normalized spacial score (nSPS) is 12.9. The number of methoxy groups -OCH3 is 1. The molecule has 7 heteroatoms. The Bertz CT molecular complexity index is 1050. The number of carbonyl (C=O) groups is 1. The van der Waals surface area contributed by atoms with Crippen LogP contribution in [0, 0.1) is 5.82 Å². The van der Waals surface area contributed by atoms with Gasteiger partial charge in [0.15, 0.2) is 5.69 Å². The minimum absolute atomic E-state index is 0.127. The van der Waals surface area contributed by atoms with Gasteiger partial charge in [-0.3, -0.25) is 4.79 Å². The van der Waals surface area contributed by atoms with Crippen LogP contribution in [0.4, 0.5) is 4.39 Å². The number of amides is 1. The summed E-state index contributed by atoms with van der Waals surface area (Å²) < 4.78 is 26.0. The maximum atomic E-state index is 13.4. The molecular weight excluding hydrogens is 397 g/mol. The third kappa shape index (κ3) is 4.55. The average Bonchev–Trinajstić information content (AvgIpc) is 3.19. The zero-order chi connectivity index (χ0) is 21.8. The van der Waals surface area contributed by atoms with Gasteiger partial charge in [0.2, 0.25) is 0 Å². The third-order valence-electron chi connectivity index (χ3n) is 5.56. The molecule has 31 heavy (non-hydrogen) atoms. The largest absolute Gasteiger partial charge is 0.497 e. The lowest BCUT2D eigenvalue weighted by molar-refractivity contribution is 0.0766. The average molecular weight is 423 g/mol. The summed E-state index contributed by atoms with van der Waals surface area (Å²) in [5.74, 6) is 1.07. The van der Waals surface area contributed by atoms with E-state index in [2.05, 4.69) is 5.10 Å². The molecule has 6 nitrogen and oxygen atoms in total. The van der Waals surface area contributed by atoms with Gasteiger partial charge in [0.1, 0.15) is 23.9 Å². The van der Waals surface area contributed by atoms with Crippen molar-refractivity contribution in [2.24, 2.45) is 0 Å². The molecule has 0 saturated carbocycles. The van der Waals surface area contributed by atoms with Crippen molar-refractivity contribution in [1.29, 1.82) is 0 Å². The topological polar surface area (TPSA) is 56.6 Å². The fourth-order valence-corrected chi connectivity index (χ4v) is 3.82. The molecule has 1 aliphatic carbocycles. The number of hydrogen-bond acceptors (Lipinski definition) is 4. The van der Waals surface area contributed by atoms with Crippen molar-refractivity contribution in [3.8, 4) is 17.2 Å². The second kappa shape index (κ2) is 9.20. The number of hydrogen-bond donors (Lipinski definition) is 0. The molecule has 0 N–H and O–H groups in total. The van der Waals surface area contributed by atoms with E-state index in [9.17, 15) is 9.18 Å². The third-order valence-corrected chi connectivity index (χ3v) is 5.56. The first-order chi connectivity index (χ1) is 15.1. The Hall–Kier alpha value is -3.35. The van der Waals surface area contributed by atoms with E-state index in [4.69, 9.17) is 9.47 Å².